The zero-order chi connectivity index (χ0) is 19.6. The van der Waals surface area contributed by atoms with Gasteiger partial charge in [-0.05, 0) is 6.08 Å². The molecule has 14 heteroatoms. The smallest absolute Gasteiger partial charge is 0.543 e. The van der Waals surface area contributed by atoms with Gasteiger partial charge < -0.3 is 30.9 Å². The first-order chi connectivity index (χ1) is 12.9. The number of anilines is 1. The SMILES string of the molecule is Nc1nc(/C(=N/OCCO)C(=O)N[C@@H]2C(=O)N3C(C(=O)[O-])=CCS[C@@H]23)cs1.[Na+]. The van der Waals surface area contributed by atoms with Crippen molar-refractivity contribution in [3.8, 4) is 0 Å². The van der Waals surface area contributed by atoms with Crippen LogP contribution in [0.5, 0.6) is 0 Å². The van der Waals surface area contributed by atoms with Gasteiger partial charge >= 0.3 is 29.6 Å². The number of thiazole rings is 1. The third kappa shape index (κ3) is 4.50. The summed E-state index contributed by atoms with van der Waals surface area (Å²) in [5.74, 6) is -2.38. The molecule has 0 saturated carbocycles. The summed E-state index contributed by atoms with van der Waals surface area (Å²) in [6.07, 6.45) is 1.39. The molecule has 0 spiro atoms. The Morgan fingerprint density at radius 2 is 2.29 bits per heavy atom. The van der Waals surface area contributed by atoms with Gasteiger partial charge in [0.15, 0.2) is 10.8 Å². The number of hydrogen-bond donors (Lipinski definition) is 3. The molecule has 0 unspecified atom stereocenters. The molecule has 3 rings (SSSR count). The number of aliphatic hydroxyl groups excluding tert-OH is 1. The number of oxime groups is 1. The number of aliphatic carboxylic acids is 1. The molecule has 1 fully saturated rings. The van der Waals surface area contributed by atoms with Gasteiger partial charge in [0.05, 0.1) is 18.3 Å². The van der Waals surface area contributed by atoms with Gasteiger partial charge in [-0.3, -0.25) is 14.5 Å². The van der Waals surface area contributed by atoms with E-state index in [9.17, 15) is 19.5 Å². The number of carbonyl (C=O) groups excluding carboxylic acids is 3. The summed E-state index contributed by atoms with van der Waals surface area (Å²) in [5, 5.41) is 27.2. The molecule has 0 radical (unpaired) electrons. The average molecular weight is 435 g/mol. The van der Waals surface area contributed by atoms with Crippen molar-refractivity contribution in [2.75, 3.05) is 24.7 Å². The molecule has 28 heavy (non-hydrogen) atoms. The number of β-lactam (4-membered cyclic amide) rings is 1. The largest absolute Gasteiger partial charge is 1.00 e. The number of thioether (sulfide) groups is 1. The van der Waals surface area contributed by atoms with E-state index in [-0.39, 0.29) is 65.0 Å². The van der Waals surface area contributed by atoms with Crippen molar-refractivity contribution in [1.82, 2.24) is 15.2 Å². The topological polar surface area (TPSA) is 170 Å². The second kappa shape index (κ2) is 9.71. The Balaban J connectivity index is 0.00000280. The second-order valence-electron chi connectivity index (χ2n) is 5.33. The standard InChI is InChI=1S/C14H15N5O6S2.Na/c15-14-16-6(5-27-14)8(18-25-3-2-20)10(21)17-9-11(22)19-7(13(23)24)1-4-26-12(9)19;/h1,5,9,12,20H,2-4H2,(H2,15,16)(H,17,21)(H,23,24);/q;+1/p-1/b18-8-;/t9-,12+;/m1./s1. The van der Waals surface area contributed by atoms with E-state index in [0.29, 0.717) is 5.75 Å². The Labute approximate surface area is 189 Å². The number of aromatic nitrogens is 1. The van der Waals surface area contributed by atoms with E-state index in [4.69, 9.17) is 15.7 Å². The minimum absolute atomic E-state index is 0. The first kappa shape index (κ1) is 22.6. The maximum absolute atomic E-state index is 12.6. The van der Waals surface area contributed by atoms with Crippen molar-refractivity contribution in [1.29, 1.82) is 0 Å². The summed E-state index contributed by atoms with van der Waals surface area (Å²) in [4.78, 5) is 45.9. The minimum atomic E-state index is -1.45. The Kier molecular flexibility index (Phi) is 7.86. The van der Waals surface area contributed by atoms with E-state index in [1.54, 1.807) is 0 Å². The molecule has 2 aliphatic heterocycles. The van der Waals surface area contributed by atoms with Crippen molar-refractivity contribution >= 4 is 51.7 Å². The number of carboxylic acids is 1. The summed E-state index contributed by atoms with van der Waals surface area (Å²) < 4.78 is 0. The molecule has 0 aromatic carbocycles. The van der Waals surface area contributed by atoms with Crippen LogP contribution in [0.3, 0.4) is 0 Å². The van der Waals surface area contributed by atoms with Crippen LogP contribution >= 0.6 is 23.1 Å². The van der Waals surface area contributed by atoms with E-state index < -0.39 is 29.2 Å². The van der Waals surface area contributed by atoms with Crippen LogP contribution < -0.4 is 45.7 Å². The van der Waals surface area contributed by atoms with Crippen molar-refractivity contribution in [3.63, 3.8) is 0 Å². The first-order valence-corrected chi connectivity index (χ1v) is 9.56. The zero-order valence-electron chi connectivity index (χ0n) is 14.7. The van der Waals surface area contributed by atoms with Crippen LogP contribution in [0.1, 0.15) is 5.69 Å². The third-order valence-electron chi connectivity index (χ3n) is 3.66. The second-order valence-corrected chi connectivity index (χ2v) is 7.37. The molecule has 4 N–H and O–H groups in total. The maximum atomic E-state index is 12.6. The molecule has 2 amide bonds. The summed E-state index contributed by atoms with van der Waals surface area (Å²) in [6.45, 7) is -0.435. The minimum Gasteiger partial charge on any atom is -0.543 e. The van der Waals surface area contributed by atoms with Crippen LogP contribution in [0.25, 0.3) is 0 Å². The molecule has 1 saturated heterocycles. The number of amides is 2. The zero-order valence-corrected chi connectivity index (χ0v) is 18.3. The molecule has 144 valence electrons. The van der Waals surface area contributed by atoms with E-state index in [2.05, 4.69) is 15.5 Å². The van der Waals surface area contributed by atoms with Gasteiger partial charge in [0.2, 0.25) is 0 Å². The molecule has 2 atom stereocenters. The Morgan fingerprint density at radius 3 is 2.89 bits per heavy atom. The van der Waals surface area contributed by atoms with Crippen molar-refractivity contribution in [2.24, 2.45) is 5.16 Å². The fourth-order valence-electron chi connectivity index (χ4n) is 2.49. The van der Waals surface area contributed by atoms with Crippen molar-refractivity contribution in [2.45, 2.75) is 11.4 Å². The molecule has 0 aliphatic carbocycles. The fraction of sp³-hybridized carbons (Fsp3) is 0.357. The molecular weight excluding hydrogens is 421 g/mol. The fourth-order valence-corrected chi connectivity index (χ4v) is 4.23. The summed E-state index contributed by atoms with van der Waals surface area (Å²) in [6, 6.07) is -0.926. The van der Waals surface area contributed by atoms with Crippen LogP contribution in [-0.4, -0.2) is 68.9 Å². The van der Waals surface area contributed by atoms with Gasteiger partial charge in [0, 0.05) is 11.1 Å². The predicted molar refractivity (Wildman–Crippen MR) is 94.2 cm³/mol. The van der Waals surface area contributed by atoms with E-state index >= 15 is 0 Å². The monoisotopic (exact) mass is 435 g/mol. The third-order valence-corrected chi connectivity index (χ3v) is 5.52. The number of hydrogen-bond acceptors (Lipinski definition) is 11. The van der Waals surface area contributed by atoms with E-state index in [0.717, 1.165) is 16.2 Å². The number of nitrogen functional groups attached to an aromatic ring is 1. The van der Waals surface area contributed by atoms with Crippen molar-refractivity contribution in [3.05, 3.63) is 22.8 Å². The number of nitrogens with zero attached hydrogens (tertiary/aromatic N) is 3. The Morgan fingerprint density at radius 1 is 1.54 bits per heavy atom. The van der Waals surface area contributed by atoms with Gasteiger partial charge in [-0.1, -0.05) is 5.16 Å². The van der Waals surface area contributed by atoms with Gasteiger partial charge in [-0.25, -0.2) is 4.98 Å². The summed E-state index contributed by atoms with van der Waals surface area (Å²) >= 11 is 2.40. The molecule has 2 aliphatic rings. The van der Waals surface area contributed by atoms with Gasteiger partial charge in [0.25, 0.3) is 11.8 Å². The number of nitrogens with two attached hydrogens (primary N) is 1. The van der Waals surface area contributed by atoms with Gasteiger partial charge in [-0.15, -0.1) is 23.1 Å². The van der Waals surface area contributed by atoms with Gasteiger partial charge in [-0.2, -0.15) is 0 Å². The Bertz CT molecular complexity index is 844. The van der Waals surface area contributed by atoms with Crippen LogP contribution in [0.4, 0.5) is 5.13 Å². The van der Waals surface area contributed by atoms with Crippen molar-refractivity contribution < 1.29 is 59.0 Å². The van der Waals surface area contributed by atoms with Crippen LogP contribution in [0.2, 0.25) is 0 Å². The summed E-state index contributed by atoms with van der Waals surface area (Å²) in [7, 11) is 0. The number of aliphatic hydroxyl groups is 1. The van der Waals surface area contributed by atoms with Crippen LogP contribution in [0.15, 0.2) is 22.3 Å². The summed E-state index contributed by atoms with van der Waals surface area (Å²) in [5.41, 5.74) is 5.31. The molecule has 1 aromatic rings. The van der Waals surface area contributed by atoms with Crippen LogP contribution in [-0.2, 0) is 19.2 Å². The van der Waals surface area contributed by atoms with E-state index in [1.807, 2.05) is 0 Å². The quantitative estimate of drug-likeness (QED) is 0.124. The molecule has 11 nitrogen and oxygen atoms in total. The number of carboxylic acid groups (broad SMARTS) is 1. The number of fused-ring (bicyclic) bond motifs is 1. The first-order valence-electron chi connectivity index (χ1n) is 7.63. The van der Waals surface area contributed by atoms with Gasteiger partial charge in [0.1, 0.15) is 23.7 Å². The number of carbonyl (C=O) groups is 3. The molecule has 3 heterocycles. The molecule has 1 aromatic heterocycles. The average Bonchev–Trinajstić information content (AvgIpc) is 3.08. The number of rotatable bonds is 7. The number of nitrogens with one attached hydrogen (secondary N) is 1. The molecular formula is C14H14N5NaO6S2. The normalized spacial score (nSPS) is 21.0. The van der Waals surface area contributed by atoms with E-state index in [1.165, 1.54) is 23.2 Å². The maximum Gasteiger partial charge on any atom is 1.00 e. The molecule has 0 bridgehead atoms. The Hall–Kier alpha value is -1.64. The van der Waals surface area contributed by atoms with Crippen LogP contribution in [0, 0.1) is 0 Å². The predicted octanol–water partition coefficient (Wildman–Crippen LogP) is -5.52.